The van der Waals surface area contributed by atoms with Crippen molar-refractivity contribution in [2.75, 3.05) is 19.5 Å². The van der Waals surface area contributed by atoms with Crippen LogP contribution in [0.15, 0.2) is 22.3 Å². The molecule has 2 fully saturated rings. The summed E-state index contributed by atoms with van der Waals surface area (Å²) in [6, 6.07) is 0. The van der Waals surface area contributed by atoms with E-state index in [4.69, 9.17) is 18.4 Å². The highest BCUT2D eigenvalue weighted by molar-refractivity contribution is 14.1. The fraction of sp³-hybridized carbons (Fsp3) is 0.789. The van der Waals surface area contributed by atoms with Crippen molar-refractivity contribution in [1.82, 2.24) is 0 Å². The van der Waals surface area contributed by atoms with Gasteiger partial charge in [-0.15, -0.1) is 0 Å². The largest absolute Gasteiger partial charge is 0.370 e. The minimum absolute atomic E-state index is 0.0517. The second kappa shape index (κ2) is 10.7. The van der Waals surface area contributed by atoms with E-state index in [0.717, 1.165) is 34.7 Å². The molecule has 0 aliphatic carbocycles. The zero-order chi connectivity index (χ0) is 20.0. The molecule has 0 amide bonds. The van der Waals surface area contributed by atoms with Gasteiger partial charge in [0.25, 0.3) is 10.1 Å². The van der Waals surface area contributed by atoms with Gasteiger partial charge >= 0.3 is 0 Å². The van der Waals surface area contributed by atoms with Crippen LogP contribution in [-0.2, 0) is 28.5 Å². The Bertz CT molecular complexity index is 614. The van der Waals surface area contributed by atoms with Gasteiger partial charge in [-0.05, 0) is 69.8 Å². The molecular formula is C19H31IO6S. The smallest absolute Gasteiger partial charge is 0.264 e. The lowest BCUT2D eigenvalue weighted by Gasteiger charge is -2.22. The molecule has 2 rings (SSSR count). The van der Waals surface area contributed by atoms with Crippen LogP contribution in [-0.4, -0.2) is 52.5 Å². The molecule has 156 valence electrons. The van der Waals surface area contributed by atoms with E-state index in [9.17, 15) is 8.42 Å². The highest BCUT2D eigenvalue weighted by atomic mass is 127. The Kier molecular flexibility index (Phi) is 9.21. The monoisotopic (exact) mass is 514 g/mol. The summed E-state index contributed by atoms with van der Waals surface area (Å²) in [6.45, 7) is 11.4. The maximum absolute atomic E-state index is 11.6. The molecule has 1 unspecified atom stereocenters. The third-order valence-corrected chi connectivity index (χ3v) is 6.61. The van der Waals surface area contributed by atoms with Gasteiger partial charge < -0.3 is 14.2 Å². The molecule has 8 heteroatoms. The first-order valence-corrected chi connectivity index (χ1v) is 12.3. The molecule has 0 N–H and O–H groups in total. The normalized spacial score (nSPS) is 26.4. The van der Waals surface area contributed by atoms with E-state index >= 15 is 0 Å². The first-order chi connectivity index (χ1) is 12.6. The first kappa shape index (κ1) is 23.3. The molecule has 0 bridgehead atoms. The van der Waals surface area contributed by atoms with E-state index in [1.807, 2.05) is 6.92 Å². The standard InChI is InChI=1S/C19H31IO6S/c1-13(15(3)20)11-17(26-27(4,21)22)5-7-18-14(2)12-16(25-18)6-8-19-23-9-10-24-19/h13,16-19H,2-3,5-12H2,1,4H3/t13-,16-,17+,18?/m0/s1. The summed E-state index contributed by atoms with van der Waals surface area (Å²) in [4.78, 5) is 0. The van der Waals surface area contributed by atoms with Crippen molar-refractivity contribution in [2.45, 2.75) is 70.1 Å². The second-order valence-corrected chi connectivity index (χ2v) is 10.4. The van der Waals surface area contributed by atoms with E-state index in [-0.39, 0.29) is 30.5 Å². The molecule has 27 heavy (non-hydrogen) atoms. The topological polar surface area (TPSA) is 71.1 Å². The van der Waals surface area contributed by atoms with Gasteiger partial charge in [0.1, 0.15) is 0 Å². The highest BCUT2D eigenvalue weighted by Crippen LogP contribution is 2.32. The fourth-order valence-electron chi connectivity index (χ4n) is 3.45. The molecule has 2 aliphatic heterocycles. The Morgan fingerprint density at radius 2 is 1.96 bits per heavy atom. The average molecular weight is 514 g/mol. The fourth-order valence-corrected chi connectivity index (χ4v) is 4.37. The van der Waals surface area contributed by atoms with Crippen molar-refractivity contribution in [3.8, 4) is 0 Å². The summed E-state index contributed by atoms with van der Waals surface area (Å²) in [5.41, 5.74) is 1.07. The van der Waals surface area contributed by atoms with E-state index in [1.54, 1.807) is 0 Å². The average Bonchev–Trinajstić information content (AvgIpc) is 3.18. The molecule has 2 saturated heterocycles. The van der Waals surface area contributed by atoms with Crippen LogP contribution in [0.3, 0.4) is 0 Å². The third-order valence-electron chi connectivity index (χ3n) is 4.93. The summed E-state index contributed by atoms with van der Waals surface area (Å²) >= 11 is 2.18. The first-order valence-electron chi connectivity index (χ1n) is 9.43. The van der Waals surface area contributed by atoms with Crippen molar-refractivity contribution >= 4 is 32.7 Å². The van der Waals surface area contributed by atoms with E-state index < -0.39 is 10.1 Å². The van der Waals surface area contributed by atoms with Crippen LogP contribution in [0.1, 0.15) is 45.4 Å². The lowest BCUT2D eigenvalue weighted by molar-refractivity contribution is -0.0588. The number of allylic oxidation sites excluding steroid dienone is 1. The predicted molar refractivity (Wildman–Crippen MR) is 113 cm³/mol. The third kappa shape index (κ3) is 8.49. The van der Waals surface area contributed by atoms with Crippen LogP contribution < -0.4 is 0 Å². The zero-order valence-corrected chi connectivity index (χ0v) is 19.2. The second-order valence-electron chi connectivity index (χ2n) is 7.44. The van der Waals surface area contributed by atoms with Crippen LogP contribution in [0.5, 0.6) is 0 Å². The Labute approximate surface area is 176 Å². The predicted octanol–water partition coefficient (Wildman–Crippen LogP) is 3.95. The minimum Gasteiger partial charge on any atom is -0.370 e. The van der Waals surface area contributed by atoms with E-state index in [2.05, 4.69) is 35.7 Å². The number of halogens is 1. The molecule has 0 spiro atoms. The molecule has 2 aliphatic rings. The Morgan fingerprint density at radius 1 is 1.30 bits per heavy atom. The molecule has 0 aromatic heterocycles. The van der Waals surface area contributed by atoms with Crippen LogP contribution in [0, 0.1) is 5.92 Å². The summed E-state index contributed by atoms with van der Waals surface area (Å²) in [5.74, 6) is 0.184. The number of ether oxygens (including phenoxy) is 3. The van der Waals surface area contributed by atoms with Crippen LogP contribution in [0.25, 0.3) is 0 Å². The van der Waals surface area contributed by atoms with Crippen LogP contribution >= 0.6 is 22.6 Å². The zero-order valence-electron chi connectivity index (χ0n) is 16.2. The van der Waals surface area contributed by atoms with E-state index in [1.165, 1.54) is 0 Å². The van der Waals surface area contributed by atoms with Crippen molar-refractivity contribution in [3.63, 3.8) is 0 Å². The summed E-state index contributed by atoms with van der Waals surface area (Å²) < 4.78 is 46.6. The summed E-state index contributed by atoms with van der Waals surface area (Å²) in [6.07, 6.45) is 5.12. The summed E-state index contributed by atoms with van der Waals surface area (Å²) in [7, 11) is -3.51. The number of hydrogen-bond donors (Lipinski definition) is 0. The summed E-state index contributed by atoms with van der Waals surface area (Å²) in [5, 5.41) is 0. The molecular weight excluding hydrogens is 483 g/mol. The molecule has 0 saturated carbocycles. The Balaban J connectivity index is 1.81. The highest BCUT2D eigenvalue weighted by Gasteiger charge is 2.31. The van der Waals surface area contributed by atoms with Crippen LogP contribution in [0.4, 0.5) is 0 Å². The minimum atomic E-state index is -3.51. The SMILES string of the molecule is C=C1C[C@H](CCC2OCCO2)OC1CC[C@H](C[C@H](C)C(=C)I)OS(C)(=O)=O. The van der Waals surface area contributed by atoms with Crippen molar-refractivity contribution in [1.29, 1.82) is 0 Å². The molecule has 0 aromatic carbocycles. The number of hydrogen-bond acceptors (Lipinski definition) is 6. The lowest BCUT2D eigenvalue weighted by Crippen LogP contribution is -2.23. The van der Waals surface area contributed by atoms with Gasteiger partial charge in [0, 0.05) is 6.42 Å². The van der Waals surface area contributed by atoms with Crippen LogP contribution in [0.2, 0.25) is 0 Å². The van der Waals surface area contributed by atoms with Gasteiger partial charge in [0.15, 0.2) is 6.29 Å². The van der Waals surface area contributed by atoms with Crippen molar-refractivity contribution < 1.29 is 26.8 Å². The molecule has 0 radical (unpaired) electrons. The van der Waals surface area contributed by atoms with Crippen molar-refractivity contribution in [3.05, 3.63) is 22.3 Å². The van der Waals surface area contributed by atoms with E-state index in [0.29, 0.717) is 32.5 Å². The molecule has 4 atom stereocenters. The quantitative estimate of drug-likeness (QED) is 0.236. The maximum atomic E-state index is 11.6. The Hall–Kier alpha value is -0.0000000000000000555. The van der Waals surface area contributed by atoms with Gasteiger partial charge in [-0.2, -0.15) is 8.42 Å². The molecule has 6 nitrogen and oxygen atoms in total. The number of rotatable bonds is 11. The lowest BCUT2D eigenvalue weighted by atomic mass is 9.97. The Morgan fingerprint density at radius 3 is 2.56 bits per heavy atom. The molecule has 0 aromatic rings. The van der Waals surface area contributed by atoms with Gasteiger partial charge in [0.05, 0.1) is 37.8 Å². The van der Waals surface area contributed by atoms with Gasteiger partial charge in [0.2, 0.25) is 0 Å². The van der Waals surface area contributed by atoms with Gasteiger partial charge in [-0.25, -0.2) is 0 Å². The van der Waals surface area contributed by atoms with Crippen molar-refractivity contribution in [2.24, 2.45) is 5.92 Å². The van der Waals surface area contributed by atoms with Gasteiger partial charge in [-0.1, -0.05) is 20.1 Å². The maximum Gasteiger partial charge on any atom is 0.264 e. The van der Waals surface area contributed by atoms with Gasteiger partial charge in [-0.3, -0.25) is 4.18 Å². The molecule has 2 heterocycles.